The number of carbonyl (C=O) groups excluding carboxylic acids is 1. The molecule has 0 bridgehead atoms. The maximum Gasteiger partial charge on any atom is 0.338 e. The highest BCUT2D eigenvalue weighted by atomic mass is 32.1. The van der Waals surface area contributed by atoms with E-state index in [2.05, 4.69) is 10.6 Å². The third kappa shape index (κ3) is 5.29. The monoisotopic (exact) mass is 418 g/mol. The van der Waals surface area contributed by atoms with Crippen molar-refractivity contribution in [1.82, 2.24) is 5.32 Å². The second kappa shape index (κ2) is 10.5. The Morgan fingerprint density at radius 2 is 1.76 bits per heavy atom. The number of carbonyl (C=O) groups is 1. The summed E-state index contributed by atoms with van der Waals surface area (Å²) in [4.78, 5) is 12.1. The van der Waals surface area contributed by atoms with Gasteiger partial charge in [-0.05, 0) is 55.9 Å². The van der Waals surface area contributed by atoms with Gasteiger partial charge < -0.3 is 29.6 Å². The molecular weight excluding hydrogens is 392 g/mol. The fourth-order valence-corrected chi connectivity index (χ4v) is 3.03. The minimum Gasteiger partial charge on any atom is -0.493 e. The summed E-state index contributed by atoms with van der Waals surface area (Å²) < 4.78 is 21.3. The summed E-state index contributed by atoms with van der Waals surface area (Å²) in [5.41, 5.74) is 2.85. The molecule has 0 saturated heterocycles. The minimum atomic E-state index is -0.359. The van der Waals surface area contributed by atoms with Crippen molar-refractivity contribution < 1.29 is 23.7 Å². The van der Waals surface area contributed by atoms with Crippen molar-refractivity contribution in [3.63, 3.8) is 0 Å². The van der Waals surface area contributed by atoms with Crippen LogP contribution in [0.5, 0.6) is 17.2 Å². The summed E-state index contributed by atoms with van der Waals surface area (Å²) in [7, 11) is 4.70. The molecule has 0 spiro atoms. The topological polar surface area (TPSA) is 78.1 Å². The Morgan fingerprint density at radius 1 is 1.03 bits per heavy atom. The molecule has 156 valence electrons. The summed E-state index contributed by atoms with van der Waals surface area (Å²) >= 11 is 5.41. The molecule has 8 heteroatoms. The van der Waals surface area contributed by atoms with Gasteiger partial charge in [0.1, 0.15) is 0 Å². The first kappa shape index (κ1) is 22.3. The Hall–Kier alpha value is -3.00. The standard InChI is InChI=1S/C21H26N2O5S/c1-6-28-20(24)15-8-7-9-16(13(15)2)23-21(29)22-12-14-10-11-17(25-3)19(27-5)18(14)26-4/h7-11H,6,12H2,1-5H3,(H2,22,23,29). The number of hydrogen-bond donors (Lipinski definition) is 2. The van der Waals surface area contributed by atoms with Gasteiger partial charge in [-0.3, -0.25) is 0 Å². The molecule has 0 heterocycles. The van der Waals surface area contributed by atoms with E-state index in [0.717, 1.165) is 16.8 Å². The molecule has 2 rings (SSSR count). The Labute approximate surface area is 176 Å². The van der Waals surface area contributed by atoms with Crippen LogP contribution in [0, 0.1) is 6.92 Å². The molecule has 7 nitrogen and oxygen atoms in total. The second-order valence-corrected chi connectivity index (χ2v) is 6.41. The lowest BCUT2D eigenvalue weighted by Crippen LogP contribution is -2.28. The number of nitrogens with one attached hydrogen (secondary N) is 2. The number of hydrogen-bond acceptors (Lipinski definition) is 6. The van der Waals surface area contributed by atoms with E-state index in [4.69, 9.17) is 31.2 Å². The predicted octanol–water partition coefficient (Wildman–Crippen LogP) is 3.68. The lowest BCUT2D eigenvalue weighted by Gasteiger charge is -2.18. The van der Waals surface area contributed by atoms with Gasteiger partial charge in [-0.15, -0.1) is 0 Å². The van der Waals surface area contributed by atoms with Crippen molar-refractivity contribution in [3.05, 3.63) is 47.0 Å². The number of benzene rings is 2. The zero-order valence-corrected chi connectivity index (χ0v) is 18.1. The van der Waals surface area contributed by atoms with Gasteiger partial charge in [-0.1, -0.05) is 6.07 Å². The van der Waals surface area contributed by atoms with E-state index in [1.807, 2.05) is 25.1 Å². The molecule has 0 aliphatic heterocycles. The molecule has 2 aromatic carbocycles. The van der Waals surface area contributed by atoms with Gasteiger partial charge in [0.25, 0.3) is 0 Å². The molecule has 0 radical (unpaired) electrons. The molecule has 0 aromatic heterocycles. The van der Waals surface area contributed by atoms with Gasteiger partial charge in [0.2, 0.25) is 5.75 Å². The van der Waals surface area contributed by atoms with Crippen LogP contribution in [0.15, 0.2) is 30.3 Å². The highest BCUT2D eigenvalue weighted by Crippen LogP contribution is 2.39. The number of methoxy groups -OCH3 is 3. The van der Waals surface area contributed by atoms with E-state index in [1.54, 1.807) is 40.4 Å². The average Bonchev–Trinajstić information content (AvgIpc) is 2.72. The van der Waals surface area contributed by atoms with Crippen molar-refractivity contribution in [3.8, 4) is 17.2 Å². The quantitative estimate of drug-likeness (QED) is 0.497. The zero-order valence-electron chi connectivity index (χ0n) is 17.3. The zero-order chi connectivity index (χ0) is 21.4. The van der Waals surface area contributed by atoms with Gasteiger partial charge in [-0.25, -0.2) is 4.79 Å². The summed E-state index contributed by atoms with van der Waals surface area (Å²) in [5.74, 6) is 1.32. The molecule has 0 saturated carbocycles. The van der Waals surface area contributed by atoms with Crippen LogP contribution in [0.3, 0.4) is 0 Å². The maximum atomic E-state index is 12.1. The van der Waals surface area contributed by atoms with E-state index in [9.17, 15) is 4.79 Å². The largest absolute Gasteiger partial charge is 0.493 e. The smallest absolute Gasteiger partial charge is 0.338 e. The van der Waals surface area contributed by atoms with E-state index in [1.165, 1.54) is 0 Å². The molecule has 0 unspecified atom stereocenters. The van der Waals surface area contributed by atoms with Crippen LogP contribution in [0.2, 0.25) is 0 Å². The van der Waals surface area contributed by atoms with Crippen LogP contribution < -0.4 is 24.8 Å². The first-order chi connectivity index (χ1) is 14.0. The third-order valence-electron chi connectivity index (χ3n) is 4.30. The Morgan fingerprint density at radius 3 is 2.38 bits per heavy atom. The number of rotatable bonds is 8. The molecule has 2 aromatic rings. The normalized spacial score (nSPS) is 10.1. The van der Waals surface area contributed by atoms with E-state index in [0.29, 0.717) is 41.1 Å². The molecule has 0 amide bonds. The SMILES string of the molecule is CCOC(=O)c1cccc(NC(=S)NCc2ccc(OC)c(OC)c2OC)c1C. The molecule has 2 N–H and O–H groups in total. The van der Waals surface area contributed by atoms with Crippen molar-refractivity contribution in [2.45, 2.75) is 20.4 Å². The van der Waals surface area contributed by atoms with Gasteiger partial charge >= 0.3 is 5.97 Å². The Balaban J connectivity index is 2.12. The number of thiocarbonyl (C=S) groups is 1. The lowest BCUT2D eigenvalue weighted by atomic mass is 10.1. The fourth-order valence-electron chi connectivity index (χ4n) is 2.85. The third-order valence-corrected chi connectivity index (χ3v) is 4.55. The molecule has 0 aliphatic carbocycles. The fraction of sp³-hybridized carbons (Fsp3) is 0.333. The van der Waals surface area contributed by atoms with Gasteiger partial charge in [0.15, 0.2) is 16.6 Å². The van der Waals surface area contributed by atoms with Gasteiger partial charge in [0, 0.05) is 17.8 Å². The van der Waals surface area contributed by atoms with E-state index >= 15 is 0 Å². The predicted molar refractivity (Wildman–Crippen MR) is 116 cm³/mol. The highest BCUT2D eigenvalue weighted by Gasteiger charge is 2.16. The number of ether oxygens (including phenoxy) is 4. The van der Waals surface area contributed by atoms with E-state index in [-0.39, 0.29) is 5.97 Å². The number of esters is 1. The van der Waals surface area contributed by atoms with Crippen molar-refractivity contribution in [2.24, 2.45) is 0 Å². The Bertz CT molecular complexity index is 886. The number of anilines is 1. The van der Waals surface area contributed by atoms with Crippen LogP contribution in [-0.2, 0) is 11.3 Å². The van der Waals surface area contributed by atoms with Gasteiger partial charge in [-0.2, -0.15) is 0 Å². The molecule has 0 atom stereocenters. The van der Waals surface area contributed by atoms with Crippen molar-refractivity contribution in [2.75, 3.05) is 33.3 Å². The summed E-state index contributed by atoms with van der Waals surface area (Å²) in [6.45, 7) is 4.35. The van der Waals surface area contributed by atoms with Crippen LogP contribution in [0.1, 0.15) is 28.4 Å². The summed E-state index contributed by atoms with van der Waals surface area (Å²) in [6, 6.07) is 9.04. The van der Waals surface area contributed by atoms with Gasteiger partial charge in [0.05, 0.1) is 33.5 Å². The molecular formula is C21H26N2O5S. The first-order valence-corrected chi connectivity index (χ1v) is 9.47. The summed E-state index contributed by atoms with van der Waals surface area (Å²) in [5, 5.41) is 6.67. The van der Waals surface area contributed by atoms with Crippen LogP contribution in [0.25, 0.3) is 0 Å². The first-order valence-electron chi connectivity index (χ1n) is 9.06. The Kier molecular flexibility index (Phi) is 8.09. The second-order valence-electron chi connectivity index (χ2n) is 6.00. The lowest BCUT2D eigenvalue weighted by molar-refractivity contribution is 0.0525. The van der Waals surface area contributed by atoms with Crippen LogP contribution in [0.4, 0.5) is 5.69 Å². The minimum absolute atomic E-state index is 0.322. The average molecular weight is 419 g/mol. The van der Waals surface area contributed by atoms with E-state index < -0.39 is 0 Å². The van der Waals surface area contributed by atoms with Crippen molar-refractivity contribution >= 4 is 29.0 Å². The molecule has 0 fully saturated rings. The molecule has 0 aliphatic rings. The molecule has 29 heavy (non-hydrogen) atoms. The highest BCUT2D eigenvalue weighted by molar-refractivity contribution is 7.80. The van der Waals surface area contributed by atoms with Crippen LogP contribution in [-0.4, -0.2) is 39.0 Å². The van der Waals surface area contributed by atoms with Crippen molar-refractivity contribution in [1.29, 1.82) is 0 Å². The maximum absolute atomic E-state index is 12.1. The summed E-state index contributed by atoms with van der Waals surface area (Å²) in [6.07, 6.45) is 0. The van der Waals surface area contributed by atoms with Crippen LogP contribution >= 0.6 is 12.2 Å².